The first-order valence-corrected chi connectivity index (χ1v) is 10.3. The zero-order chi connectivity index (χ0) is 25.6. The molecule has 0 heterocycles. The quantitative estimate of drug-likeness (QED) is 0.262. The van der Waals surface area contributed by atoms with Crippen LogP contribution in [-0.2, 0) is 58.1 Å². The molecule has 2 fully saturated rings. The molecule has 34 heavy (non-hydrogen) atoms. The first-order chi connectivity index (χ1) is 14.9. The third-order valence-electron chi connectivity index (χ3n) is 2.67. The molecule has 0 aromatic rings. The molecule has 0 bridgehead atoms. The van der Waals surface area contributed by atoms with Gasteiger partial charge in [-0.05, 0) is 103 Å². The number of hydrogen-bond acceptors (Lipinski definition) is 4. The third-order valence-corrected chi connectivity index (χ3v) is 2.67. The van der Waals surface area contributed by atoms with Crippen LogP contribution in [-0.4, -0.2) is 44.3 Å². The van der Waals surface area contributed by atoms with Gasteiger partial charge in [-0.2, -0.15) is 0 Å². The van der Waals surface area contributed by atoms with E-state index in [0.717, 1.165) is 27.7 Å². The molecule has 10 heteroatoms. The van der Waals surface area contributed by atoms with E-state index in [2.05, 4.69) is 51.4 Å². The average Bonchev–Trinajstić information content (AvgIpc) is 2.51. The van der Waals surface area contributed by atoms with Crippen molar-refractivity contribution in [3.8, 4) is 0 Å². The standard InChI is InChI=1S/2C8H12.4C2H4O2.2Rh/c2*1-2-4-6-8-7-5-3-1;4*1-2(3)4;;/h2*1-2,7-8H,3-6H2;4*1H3,(H,3,4);;. The van der Waals surface area contributed by atoms with E-state index in [1.165, 1.54) is 51.4 Å². The summed E-state index contributed by atoms with van der Waals surface area (Å²) in [4.78, 5) is 36.0. The summed E-state index contributed by atoms with van der Waals surface area (Å²) in [5.41, 5.74) is 0. The van der Waals surface area contributed by atoms with Crippen molar-refractivity contribution in [3.05, 3.63) is 51.4 Å². The smallest absolute Gasteiger partial charge is 0.300 e. The minimum atomic E-state index is -0.833. The van der Waals surface area contributed by atoms with Crippen LogP contribution in [0.1, 0.15) is 79.1 Å². The molecule has 0 amide bonds. The van der Waals surface area contributed by atoms with Crippen molar-refractivity contribution >= 4 is 23.9 Å². The Balaban J connectivity index is -0.0000000711. The second kappa shape index (κ2) is 42.3. The molecule has 4 N–H and O–H groups in total. The minimum Gasteiger partial charge on any atom is -0.481 e. The van der Waals surface area contributed by atoms with Crippen molar-refractivity contribution in [1.82, 2.24) is 0 Å². The maximum Gasteiger partial charge on any atom is 0.300 e. The monoisotopic (exact) mass is 662 g/mol. The predicted molar refractivity (Wildman–Crippen MR) is 125 cm³/mol. The summed E-state index contributed by atoms with van der Waals surface area (Å²) < 4.78 is 0. The summed E-state index contributed by atoms with van der Waals surface area (Å²) >= 11 is 0. The van der Waals surface area contributed by atoms with Gasteiger partial charge < -0.3 is 20.4 Å². The van der Waals surface area contributed by atoms with Gasteiger partial charge in [0.2, 0.25) is 0 Å². The molecule has 2 aliphatic rings. The molecule has 0 aliphatic heterocycles. The number of aliphatic carboxylic acids is 4. The van der Waals surface area contributed by atoms with Gasteiger partial charge in [0.05, 0.1) is 0 Å². The molecule has 0 atom stereocenters. The fourth-order valence-electron chi connectivity index (χ4n) is 1.71. The normalized spacial score (nSPS) is 14.2. The Hall–Kier alpha value is -0.873. The molecule has 202 valence electrons. The molecule has 2 aliphatic carbocycles. The average molecular weight is 662 g/mol. The zero-order valence-corrected chi connectivity index (χ0v) is 23.6. The van der Waals surface area contributed by atoms with Gasteiger partial charge in [-0.3, -0.25) is 19.2 Å². The molecule has 2 rings (SSSR count). The summed E-state index contributed by atoms with van der Waals surface area (Å²) in [5, 5.41) is 29.7. The Morgan fingerprint density at radius 3 is 0.500 bits per heavy atom. The molecule has 2 saturated carbocycles. The van der Waals surface area contributed by atoms with Crippen molar-refractivity contribution in [2.24, 2.45) is 0 Å². The van der Waals surface area contributed by atoms with Crippen LogP contribution in [0.15, 0.2) is 0 Å². The van der Waals surface area contributed by atoms with Crippen molar-refractivity contribution < 1.29 is 78.6 Å². The van der Waals surface area contributed by atoms with Crippen LogP contribution in [0.3, 0.4) is 0 Å². The molecule has 0 unspecified atom stereocenters. The number of hydrogen-bond donors (Lipinski definition) is 4. The Labute approximate surface area is 232 Å². The van der Waals surface area contributed by atoms with Gasteiger partial charge in [-0.15, -0.1) is 0 Å². The van der Waals surface area contributed by atoms with E-state index in [0.29, 0.717) is 0 Å². The summed E-state index contributed by atoms with van der Waals surface area (Å²) in [6, 6.07) is 0. The van der Waals surface area contributed by atoms with Gasteiger partial charge in [-0.1, -0.05) is 0 Å². The Morgan fingerprint density at radius 2 is 0.441 bits per heavy atom. The molecular weight excluding hydrogens is 622 g/mol. The van der Waals surface area contributed by atoms with Gasteiger partial charge in [0.25, 0.3) is 23.9 Å². The van der Waals surface area contributed by atoms with Crippen LogP contribution in [0.2, 0.25) is 0 Å². The maximum atomic E-state index is 9.00. The van der Waals surface area contributed by atoms with Gasteiger partial charge in [0.1, 0.15) is 0 Å². The van der Waals surface area contributed by atoms with Crippen LogP contribution in [0, 0.1) is 51.4 Å². The first kappa shape index (κ1) is 46.5. The molecule has 8 nitrogen and oxygen atoms in total. The fraction of sp³-hybridized carbons (Fsp3) is 0.500. The van der Waals surface area contributed by atoms with E-state index in [-0.39, 0.29) is 39.0 Å². The van der Waals surface area contributed by atoms with Gasteiger partial charge in [0, 0.05) is 66.7 Å². The van der Waals surface area contributed by atoms with Crippen molar-refractivity contribution in [2.45, 2.75) is 79.1 Å². The van der Waals surface area contributed by atoms with E-state index in [9.17, 15) is 0 Å². The summed E-state index contributed by atoms with van der Waals surface area (Å²) in [5.74, 6) is -3.33. The SMILES string of the molecule is CC(=O)O.CC(=O)O.CC(=O)O.CC(=O)O.[CH]1[CH]CC[CH][CH]CC1.[CH]1[CH]CC[CH][CH]CC1.[Rh].[Rh]. The van der Waals surface area contributed by atoms with Crippen LogP contribution in [0.5, 0.6) is 0 Å². The van der Waals surface area contributed by atoms with Gasteiger partial charge >= 0.3 is 0 Å². The summed E-state index contributed by atoms with van der Waals surface area (Å²) in [6.07, 6.45) is 28.0. The first-order valence-electron chi connectivity index (χ1n) is 10.3. The van der Waals surface area contributed by atoms with E-state index < -0.39 is 23.9 Å². The Kier molecular flexibility index (Phi) is 57.8. The Morgan fingerprint density at radius 1 is 0.382 bits per heavy atom. The molecule has 0 aromatic carbocycles. The number of carbonyl (C=O) groups is 4. The third kappa shape index (κ3) is 123. The number of carboxylic acid groups (broad SMARTS) is 4. The summed E-state index contributed by atoms with van der Waals surface area (Å²) in [7, 11) is 0. The van der Waals surface area contributed by atoms with E-state index >= 15 is 0 Å². The van der Waals surface area contributed by atoms with Crippen LogP contribution in [0.4, 0.5) is 0 Å². The van der Waals surface area contributed by atoms with Crippen molar-refractivity contribution in [3.63, 3.8) is 0 Å². The second-order valence-corrected chi connectivity index (χ2v) is 6.27. The molecule has 0 aromatic heterocycles. The fourth-order valence-corrected chi connectivity index (χ4v) is 1.71. The van der Waals surface area contributed by atoms with E-state index in [4.69, 9.17) is 39.6 Å². The second-order valence-electron chi connectivity index (χ2n) is 6.27. The molecule has 0 saturated heterocycles. The Bertz CT molecular complexity index is 319. The number of rotatable bonds is 0. The topological polar surface area (TPSA) is 149 Å². The predicted octanol–water partition coefficient (Wildman–Crippen LogP) is 5.11. The maximum absolute atomic E-state index is 9.00. The van der Waals surface area contributed by atoms with E-state index in [1.807, 2.05) is 0 Å². The summed E-state index contributed by atoms with van der Waals surface area (Å²) in [6.45, 7) is 4.33. The van der Waals surface area contributed by atoms with Crippen molar-refractivity contribution in [1.29, 1.82) is 0 Å². The van der Waals surface area contributed by atoms with Crippen LogP contribution >= 0.6 is 0 Å². The van der Waals surface area contributed by atoms with Gasteiger partial charge in [0.15, 0.2) is 0 Å². The van der Waals surface area contributed by atoms with Crippen molar-refractivity contribution in [2.75, 3.05) is 0 Å². The largest absolute Gasteiger partial charge is 0.481 e. The van der Waals surface area contributed by atoms with Crippen LogP contribution < -0.4 is 0 Å². The zero-order valence-electron chi connectivity index (χ0n) is 20.4. The van der Waals surface area contributed by atoms with E-state index in [1.54, 1.807) is 0 Å². The van der Waals surface area contributed by atoms with Crippen LogP contribution in [0.25, 0.3) is 0 Å². The minimum absolute atomic E-state index is 0. The number of carboxylic acids is 4. The molecular formula is C24H40O8Rh2. The van der Waals surface area contributed by atoms with Gasteiger partial charge in [-0.25, -0.2) is 0 Å². The molecule has 10 radical (unpaired) electrons. The molecule has 0 spiro atoms.